The van der Waals surface area contributed by atoms with Gasteiger partial charge in [-0.3, -0.25) is 0 Å². The van der Waals surface area contributed by atoms with Gasteiger partial charge in [0.15, 0.2) is 0 Å². The van der Waals surface area contributed by atoms with Crippen LogP contribution in [0.25, 0.3) is 0 Å². The molecule has 0 aliphatic carbocycles. The first-order valence-electron chi connectivity index (χ1n) is 4.53. The maximum atomic E-state index is 13.3. The zero-order valence-corrected chi connectivity index (χ0v) is 7.59. The van der Waals surface area contributed by atoms with E-state index < -0.39 is 11.6 Å². The second-order valence-corrected chi connectivity index (χ2v) is 3.25. The van der Waals surface area contributed by atoms with Crippen LogP contribution in [0.3, 0.4) is 0 Å². The van der Waals surface area contributed by atoms with E-state index >= 15 is 0 Å². The van der Waals surface area contributed by atoms with Crippen LogP contribution in [-0.2, 0) is 4.74 Å². The van der Waals surface area contributed by atoms with Crippen LogP contribution < -0.4 is 5.32 Å². The van der Waals surface area contributed by atoms with Gasteiger partial charge in [0.2, 0.25) is 0 Å². The van der Waals surface area contributed by atoms with Crippen LogP contribution in [0.4, 0.5) is 8.78 Å². The van der Waals surface area contributed by atoms with Crippen LogP contribution in [0.1, 0.15) is 11.6 Å². The van der Waals surface area contributed by atoms with Gasteiger partial charge in [-0.25, -0.2) is 8.78 Å². The summed E-state index contributed by atoms with van der Waals surface area (Å²) in [5.41, 5.74) is 0.338. The van der Waals surface area contributed by atoms with Gasteiger partial charge in [-0.05, 0) is 18.2 Å². The van der Waals surface area contributed by atoms with Crippen LogP contribution in [-0.4, -0.2) is 19.8 Å². The zero-order chi connectivity index (χ0) is 9.97. The predicted molar refractivity (Wildman–Crippen MR) is 47.9 cm³/mol. The minimum Gasteiger partial charge on any atom is -0.378 e. The van der Waals surface area contributed by atoms with Crippen molar-refractivity contribution < 1.29 is 13.5 Å². The minimum absolute atomic E-state index is 0.237. The van der Waals surface area contributed by atoms with Gasteiger partial charge in [0.05, 0.1) is 19.3 Å². The molecule has 0 spiro atoms. The van der Waals surface area contributed by atoms with Crippen molar-refractivity contribution in [2.24, 2.45) is 0 Å². The highest BCUT2D eigenvalue weighted by atomic mass is 19.1. The maximum absolute atomic E-state index is 13.3. The highest BCUT2D eigenvalue weighted by molar-refractivity contribution is 5.22. The summed E-state index contributed by atoms with van der Waals surface area (Å²) in [5, 5.41) is 3.07. The normalized spacial score (nSPS) is 22.3. The van der Waals surface area contributed by atoms with Gasteiger partial charge in [-0.2, -0.15) is 0 Å². The predicted octanol–water partition coefficient (Wildman–Crippen LogP) is 1.63. The Bertz CT molecular complexity index is 324. The Kier molecular flexibility index (Phi) is 2.74. The average Bonchev–Trinajstić information content (AvgIpc) is 2.23. The Balaban J connectivity index is 2.24. The van der Waals surface area contributed by atoms with Gasteiger partial charge in [-0.15, -0.1) is 0 Å². The summed E-state index contributed by atoms with van der Waals surface area (Å²) in [5.74, 6) is -0.817. The molecule has 1 aliphatic rings. The Morgan fingerprint density at radius 1 is 1.36 bits per heavy atom. The van der Waals surface area contributed by atoms with Crippen molar-refractivity contribution in [3.05, 3.63) is 35.4 Å². The van der Waals surface area contributed by atoms with E-state index in [1.54, 1.807) is 0 Å². The van der Waals surface area contributed by atoms with Gasteiger partial charge < -0.3 is 10.1 Å². The molecule has 2 nitrogen and oxygen atoms in total. The average molecular weight is 199 g/mol. The first kappa shape index (κ1) is 9.55. The Labute approximate surface area is 80.9 Å². The summed E-state index contributed by atoms with van der Waals surface area (Å²) < 4.78 is 31.3. The standard InChI is InChI=1S/C10H11F2NO/c11-7-1-2-9(12)8(5-7)10-6-14-4-3-13-10/h1-2,5,10,13H,3-4,6H2/t10-/m0/s1. The molecule has 1 saturated heterocycles. The van der Waals surface area contributed by atoms with Crippen molar-refractivity contribution >= 4 is 0 Å². The van der Waals surface area contributed by atoms with Gasteiger partial charge in [0.25, 0.3) is 0 Å². The first-order valence-corrected chi connectivity index (χ1v) is 4.53. The molecule has 0 saturated carbocycles. The molecule has 2 rings (SSSR count). The lowest BCUT2D eigenvalue weighted by molar-refractivity contribution is 0.0756. The van der Waals surface area contributed by atoms with Crippen molar-refractivity contribution in [3.8, 4) is 0 Å². The summed E-state index contributed by atoms with van der Waals surface area (Å²) in [6.45, 7) is 1.68. The van der Waals surface area contributed by atoms with Crippen LogP contribution in [0.15, 0.2) is 18.2 Å². The van der Waals surface area contributed by atoms with Gasteiger partial charge in [0.1, 0.15) is 11.6 Å². The smallest absolute Gasteiger partial charge is 0.128 e. The molecule has 76 valence electrons. The third-order valence-electron chi connectivity index (χ3n) is 2.26. The van der Waals surface area contributed by atoms with Crippen molar-refractivity contribution in [1.29, 1.82) is 0 Å². The number of nitrogens with one attached hydrogen (secondary N) is 1. The van der Waals surface area contributed by atoms with E-state index in [-0.39, 0.29) is 6.04 Å². The third kappa shape index (κ3) is 1.91. The van der Waals surface area contributed by atoms with Crippen molar-refractivity contribution in [1.82, 2.24) is 5.32 Å². The van der Waals surface area contributed by atoms with Crippen molar-refractivity contribution in [2.45, 2.75) is 6.04 Å². The van der Waals surface area contributed by atoms with E-state index in [9.17, 15) is 8.78 Å². The number of benzene rings is 1. The number of hydrogen-bond donors (Lipinski definition) is 1. The summed E-state index contributed by atoms with van der Waals surface area (Å²) in [7, 11) is 0. The summed E-state index contributed by atoms with van der Waals surface area (Å²) in [6.07, 6.45) is 0. The molecule has 1 atom stereocenters. The number of halogens is 2. The maximum Gasteiger partial charge on any atom is 0.128 e. The minimum atomic E-state index is -0.422. The first-order chi connectivity index (χ1) is 6.77. The highest BCUT2D eigenvalue weighted by Gasteiger charge is 2.18. The monoisotopic (exact) mass is 199 g/mol. The lowest BCUT2D eigenvalue weighted by Gasteiger charge is -2.24. The molecule has 0 bridgehead atoms. The molecule has 0 unspecified atom stereocenters. The van der Waals surface area contributed by atoms with Crippen molar-refractivity contribution in [2.75, 3.05) is 19.8 Å². The van der Waals surface area contributed by atoms with E-state index in [0.717, 1.165) is 12.1 Å². The third-order valence-corrected chi connectivity index (χ3v) is 2.26. The fraction of sp³-hybridized carbons (Fsp3) is 0.400. The lowest BCUT2D eigenvalue weighted by Crippen LogP contribution is -2.35. The summed E-state index contributed by atoms with van der Waals surface area (Å²) in [4.78, 5) is 0. The SMILES string of the molecule is Fc1ccc(F)c([C@@H]2COCCN2)c1. The molecule has 4 heteroatoms. The summed E-state index contributed by atoms with van der Waals surface area (Å²) >= 11 is 0. The van der Waals surface area contributed by atoms with Crippen LogP contribution in [0.2, 0.25) is 0 Å². The molecule has 1 aliphatic heterocycles. The Morgan fingerprint density at radius 3 is 2.93 bits per heavy atom. The molecular formula is C10H11F2NO. The van der Waals surface area contributed by atoms with E-state index in [1.807, 2.05) is 0 Å². The molecule has 1 N–H and O–H groups in total. The van der Waals surface area contributed by atoms with Gasteiger partial charge in [-0.1, -0.05) is 0 Å². The van der Waals surface area contributed by atoms with E-state index in [4.69, 9.17) is 4.74 Å². The van der Waals surface area contributed by atoms with Gasteiger partial charge in [0, 0.05) is 12.1 Å². The largest absolute Gasteiger partial charge is 0.378 e. The molecule has 1 heterocycles. The van der Waals surface area contributed by atoms with E-state index in [0.29, 0.717) is 25.3 Å². The lowest BCUT2D eigenvalue weighted by atomic mass is 10.1. The van der Waals surface area contributed by atoms with Crippen LogP contribution in [0.5, 0.6) is 0 Å². The molecule has 14 heavy (non-hydrogen) atoms. The quantitative estimate of drug-likeness (QED) is 0.742. The second-order valence-electron chi connectivity index (χ2n) is 3.25. The fourth-order valence-electron chi connectivity index (χ4n) is 1.55. The Morgan fingerprint density at radius 2 is 2.21 bits per heavy atom. The summed E-state index contributed by atoms with van der Waals surface area (Å²) in [6, 6.07) is 3.23. The molecular weight excluding hydrogens is 188 g/mol. The van der Waals surface area contributed by atoms with Crippen LogP contribution in [0, 0.1) is 11.6 Å². The Hall–Kier alpha value is -1.00. The number of rotatable bonds is 1. The molecule has 1 aromatic rings. The number of ether oxygens (including phenoxy) is 1. The molecule has 1 fully saturated rings. The molecule has 0 amide bonds. The number of morpholine rings is 1. The topological polar surface area (TPSA) is 21.3 Å². The molecule has 0 radical (unpaired) electrons. The van der Waals surface area contributed by atoms with E-state index in [2.05, 4.69) is 5.32 Å². The fourth-order valence-corrected chi connectivity index (χ4v) is 1.55. The van der Waals surface area contributed by atoms with Crippen molar-refractivity contribution in [3.63, 3.8) is 0 Å². The molecule has 0 aromatic heterocycles. The second kappa shape index (κ2) is 4.02. The van der Waals surface area contributed by atoms with Gasteiger partial charge >= 0.3 is 0 Å². The molecule has 1 aromatic carbocycles. The zero-order valence-electron chi connectivity index (χ0n) is 7.59. The van der Waals surface area contributed by atoms with E-state index in [1.165, 1.54) is 6.07 Å². The van der Waals surface area contributed by atoms with Crippen LogP contribution >= 0.6 is 0 Å². The highest BCUT2D eigenvalue weighted by Crippen LogP contribution is 2.20. The number of hydrogen-bond acceptors (Lipinski definition) is 2.